The Bertz CT molecular complexity index is 1040. The number of H-pyrrole nitrogens is 1. The van der Waals surface area contributed by atoms with Gasteiger partial charge in [-0.1, -0.05) is 11.6 Å². The Balaban J connectivity index is 1.92. The van der Waals surface area contributed by atoms with Crippen LogP contribution >= 0.6 is 23.8 Å². The fourth-order valence-electron chi connectivity index (χ4n) is 2.17. The third kappa shape index (κ3) is 2.04. The molecule has 0 unspecified atom stereocenters. The average Bonchev–Trinajstić information content (AvgIpc) is 3.17. The van der Waals surface area contributed by atoms with Gasteiger partial charge in [0.1, 0.15) is 10.9 Å². The number of hydrogen-bond donors (Lipinski definition) is 1. The summed E-state index contributed by atoms with van der Waals surface area (Å²) < 4.78 is 12.5. The lowest BCUT2D eigenvalue weighted by Crippen LogP contribution is -1.92. The summed E-state index contributed by atoms with van der Waals surface area (Å²) in [5, 5.41) is 15.2. The van der Waals surface area contributed by atoms with Crippen LogP contribution in [-0.2, 0) is 0 Å². The van der Waals surface area contributed by atoms with Crippen molar-refractivity contribution in [1.82, 2.24) is 24.8 Å². The quantitative estimate of drug-likeness (QED) is 0.445. The Morgan fingerprint density at radius 3 is 2.77 bits per heavy atom. The van der Waals surface area contributed by atoms with E-state index in [2.05, 4.69) is 20.4 Å². The summed E-state index contributed by atoms with van der Waals surface area (Å²) >= 11 is 11.2. The molecule has 0 fully saturated rings. The van der Waals surface area contributed by atoms with E-state index in [-0.39, 0.29) is 4.84 Å². The summed E-state index contributed by atoms with van der Waals surface area (Å²) in [7, 11) is 0. The maximum Gasteiger partial charge on any atom is 0.284 e. The normalized spacial score (nSPS) is 11.4. The molecular formula is C13H8ClN5O2S. The molecule has 0 bridgehead atoms. The SMILES string of the molecule is Cc1ccc(-c2nnc3cc(-c4n[nH]c(=S)o4)cc(Cl)n23)o1. The van der Waals surface area contributed by atoms with Gasteiger partial charge in [-0.25, -0.2) is 5.10 Å². The summed E-state index contributed by atoms with van der Waals surface area (Å²) in [6.45, 7) is 1.86. The van der Waals surface area contributed by atoms with Gasteiger partial charge < -0.3 is 8.83 Å². The minimum Gasteiger partial charge on any atom is -0.458 e. The number of pyridine rings is 1. The van der Waals surface area contributed by atoms with Gasteiger partial charge in [0.05, 0.1) is 0 Å². The molecule has 1 N–H and O–H groups in total. The number of aryl methyl sites for hydroxylation is 1. The average molecular weight is 334 g/mol. The van der Waals surface area contributed by atoms with Gasteiger partial charge in [0, 0.05) is 5.56 Å². The van der Waals surface area contributed by atoms with Crippen molar-refractivity contribution in [2.75, 3.05) is 0 Å². The van der Waals surface area contributed by atoms with Crippen molar-refractivity contribution in [3.05, 3.63) is 40.0 Å². The molecule has 4 aromatic rings. The molecule has 4 heterocycles. The second-order valence-electron chi connectivity index (χ2n) is 4.61. The Hall–Kier alpha value is -2.45. The highest BCUT2D eigenvalue weighted by atomic mass is 35.5. The molecule has 0 aliphatic rings. The molecule has 0 aromatic carbocycles. The van der Waals surface area contributed by atoms with E-state index in [0.29, 0.717) is 33.8 Å². The Labute approximate surface area is 133 Å². The first-order valence-electron chi connectivity index (χ1n) is 6.29. The van der Waals surface area contributed by atoms with Crippen LogP contribution < -0.4 is 0 Å². The summed E-state index contributed by atoms with van der Waals surface area (Å²) in [5.74, 6) is 2.25. The van der Waals surface area contributed by atoms with Gasteiger partial charge in [0.2, 0.25) is 11.7 Å². The van der Waals surface area contributed by atoms with Crippen LogP contribution in [0.15, 0.2) is 33.1 Å². The third-order valence-electron chi connectivity index (χ3n) is 3.11. The molecule has 7 nitrogen and oxygen atoms in total. The second kappa shape index (κ2) is 4.79. The lowest BCUT2D eigenvalue weighted by atomic mass is 10.2. The van der Waals surface area contributed by atoms with E-state index >= 15 is 0 Å². The van der Waals surface area contributed by atoms with Crippen molar-refractivity contribution in [2.24, 2.45) is 0 Å². The van der Waals surface area contributed by atoms with Crippen LogP contribution in [0, 0.1) is 11.8 Å². The third-order valence-corrected chi connectivity index (χ3v) is 3.56. The molecule has 0 atom stereocenters. The fraction of sp³-hybridized carbons (Fsp3) is 0.0769. The van der Waals surface area contributed by atoms with Crippen molar-refractivity contribution in [2.45, 2.75) is 6.92 Å². The van der Waals surface area contributed by atoms with Crippen LogP contribution in [-0.4, -0.2) is 24.8 Å². The maximum absolute atomic E-state index is 6.36. The second-order valence-corrected chi connectivity index (χ2v) is 5.37. The van der Waals surface area contributed by atoms with Gasteiger partial charge in [-0.15, -0.1) is 15.3 Å². The van der Waals surface area contributed by atoms with E-state index in [1.807, 2.05) is 19.1 Å². The Morgan fingerprint density at radius 2 is 2.09 bits per heavy atom. The molecular weight excluding hydrogens is 326 g/mol. The number of halogens is 1. The van der Waals surface area contributed by atoms with E-state index < -0.39 is 0 Å². The predicted molar refractivity (Wildman–Crippen MR) is 81.1 cm³/mol. The molecule has 0 aliphatic heterocycles. The van der Waals surface area contributed by atoms with E-state index in [9.17, 15) is 0 Å². The summed E-state index contributed by atoms with van der Waals surface area (Å²) in [6, 6.07) is 7.13. The first-order chi connectivity index (χ1) is 10.6. The largest absolute Gasteiger partial charge is 0.458 e. The van der Waals surface area contributed by atoms with Crippen LogP contribution in [0.25, 0.3) is 28.7 Å². The topological polar surface area (TPSA) is 85.1 Å². The molecule has 0 amide bonds. The van der Waals surface area contributed by atoms with Crippen molar-refractivity contribution in [3.63, 3.8) is 0 Å². The van der Waals surface area contributed by atoms with Crippen LogP contribution in [0.2, 0.25) is 5.15 Å². The van der Waals surface area contributed by atoms with E-state index in [0.717, 1.165) is 5.76 Å². The lowest BCUT2D eigenvalue weighted by Gasteiger charge is -2.02. The number of hydrogen-bond acceptors (Lipinski definition) is 6. The van der Waals surface area contributed by atoms with Gasteiger partial charge in [-0.05, 0) is 43.4 Å². The number of fused-ring (bicyclic) bond motifs is 1. The monoisotopic (exact) mass is 333 g/mol. The highest BCUT2D eigenvalue weighted by molar-refractivity contribution is 7.71. The van der Waals surface area contributed by atoms with Crippen molar-refractivity contribution in [3.8, 4) is 23.0 Å². The molecule has 0 radical (unpaired) electrons. The molecule has 22 heavy (non-hydrogen) atoms. The number of aromatic nitrogens is 5. The summed E-state index contributed by atoms with van der Waals surface area (Å²) in [6.07, 6.45) is 0. The number of aromatic amines is 1. The van der Waals surface area contributed by atoms with Crippen LogP contribution in [0.4, 0.5) is 0 Å². The van der Waals surface area contributed by atoms with Crippen molar-refractivity contribution >= 4 is 29.5 Å². The number of rotatable bonds is 2. The smallest absolute Gasteiger partial charge is 0.284 e. The molecule has 0 saturated heterocycles. The van der Waals surface area contributed by atoms with Crippen LogP contribution in [0.1, 0.15) is 5.76 Å². The van der Waals surface area contributed by atoms with Crippen molar-refractivity contribution < 1.29 is 8.83 Å². The maximum atomic E-state index is 6.36. The van der Waals surface area contributed by atoms with Gasteiger partial charge >= 0.3 is 0 Å². The highest BCUT2D eigenvalue weighted by Gasteiger charge is 2.16. The van der Waals surface area contributed by atoms with Crippen molar-refractivity contribution in [1.29, 1.82) is 0 Å². The van der Waals surface area contributed by atoms with Crippen LogP contribution in [0.3, 0.4) is 0 Å². The minimum atomic E-state index is 0.194. The Kier molecular flexibility index (Phi) is 2.88. The standard InChI is InChI=1S/C13H8ClN5O2S/c1-6-2-3-8(20-6)11-16-15-10-5-7(4-9(14)19(10)11)12-17-18-13(22)21-12/h2-5H,1H3,(H,18,22). The first kappa shape index (κ1) is 13.2. The molecule has 4 rings (SSSR count). The molecule has 110 valence electrons. The van der Waals surface area contributed by atoms with Crippen LogP contribution in [0.5, 0.6) is 0 Å². The fourth-order valence-corrected chi connectivity index (χ4v) is 2.57. The summed E-state index contributed by atoms with van der Waals surface area (Å²) in [5.41, 5.74) is 1.20. The van der Waals surface area contributed by atoms with Gasteiger partial charge in [-0.2, -0.15) is 0 Å². The van der Waals surface area contributed by atoms with E-state index in [1.165, 1.54) is 0 Å². The summed E-state index contributed by atoms with van der Waals surface area (Å²) in [4.78, 5) is 0.194. The molecule has 0 spiro atoms. The first-order valence-corrected chi connectivity index (χ1v) is 7.08. The van der Waals surface area contributed by atoms with Gasteiger partial charge in [0.25, 0.3) is 4.84 Å². The molecule has 0 saturated carbocycles. The number of nitrogens with zero attached hydrogens (tertiary/aromatic N) is 4. The zero-order valence-corrected chi connectivity index (χ0v) is 12.8. The number of nitrogens with one attached hydrogen (secondary N) is 1. The highest BCUT2D eigenvalue weighted by Crippen LogP contribution is 2.28. The zero-order chi connectivity index (χ0) is 15.3. The lowest BCUT2D eigenvalue weighted by molar-refractivity contribution is 0.543. The zero-order valence-electron chi connectivity index (χ0n) is 11.2. The minimum absolute atomic E-state index is 0.194. The number of furan rings is 1. The molecule has 9 heteroatoms. The van der Waals surface area contributed by atoms with E-state index in [1.54, 1.807) is 16.5 Å². The molecule has 4 aromatic heterocycles. The van der Waals surface area contributed by atoms with Gasteiger partial charge in [-0.3, -0.25) is 4.40 Å². The molecule has 0 aliphatic carbocycles. The van der Waals surface area contributed by atoms with E-state index in [4.69, 9.17) is 32.7 Å². The van der Waals surface area contributed by atoms with Gasteiger partial charge in [0.15, 0.2) is 11.4 Å². The Morgan fingerprint density at radius 1 is 1.23 bits per heavy atom. The predicted octanol–water partition coefficient (Wildman–Crippen LogP) is 3.66.